The monoisotopic (exact) mass is 1010 g/mol. The molecule has 2 aromatic carbocycles. The highest BCUT2D eigenvalue weighted by Gasteiger charge is 2.58. The van der Waals surface area contributed by atoms with Gasteiger partial charge in [-0.2, -0.15) is 4.31 Å². The van der Waals surface area contributed by atoms with Gasteiger partial charge in [-0.25, -0.2) is 8.42 Å². The van der Waals surface area contributed by atoms with Crippen LogP contribution >= 0.6 is 0 Å². The molecule has 0 bridgehead atoms. The Balaban J connectivity index is 1.61. The largest absolute Gasteiger partial charge is 0.459 e. The maximum Gasteiger partial charge on any atom is 0.311 e. The number of nitrogens with zero attached hydrogens (tertiary/aromatic N) is 1. The van der Waals surface area contributed by atoms with E-state index in [1.807, 2.05) is 44.2 Å². The fraction of sp³-hybridized carbons (Fsp3) is 0.750. The number of aliphatic hydroxyl groups excluding tert-OH is 2. The molecule has 1 unspecified atom stereocenters. The summed E-state index contributed by atoms with van der Waals surface area (Å²) in [4.78, 5) is 14.7. The molecular formula is C52H85N3O14S. The number of nitrogens with one attached hydrogen (secondary N) is 2. The predicted molar refractivity (Wildman–Crippen MR) is 264 cm³/mol. The molecule has 0 radical (unpaired) electrons. The first-order chi connectivity index (χ1) is 32.8. The Kier molecular flexibility index (Phi) is 20.1. The smallest absolute Gasteiger partial charge is 0.311 e. The van der Waals surface area contributed by atoms with E-state index in [2.05, 4.69) is 10.6 Å². The van der Waals surface area contributed by atoms with E-state index >= 15 is 0 Å². The molecule has 18 heteroatoms. The first kappa shape index (κ1) is 58.2. The number of hydrogen-bond donors (Lipinski definition) is 7. The van der Waals surface area contributed by atoms with Crippen molar-refractivity contribution >= 4 is 16.0 Å². The molecule has 17 nitrogen and oxygen atoms in total. The van der Waals surface area contributed by atoms with E-state index in [4.69, 9.17) is 28.4 Å². The molecule has 70 heavy (non-hydrogen) atoms. The molecule has 0 aromatic heterocycles. The van der Waals surface area contributed by atoms with Crippen LogP contribution in [0.1, 0.15) is 114 Å². The molecule has 3 aliphatic heterocycles. The number of hydrogen-bond acceptors (Lipinski definition) is 16. The lowest BCUT2D eigenvalue weighted by Gasteiger charge is -2.53. The first-order valence-corrected chi connectivity index (χ1v) is 26.7. The van der Waals surface area contributed by atoms with Crippen molar-refractivity contribution in [2.45, 2.75) is 210 Å². The molecule has 7 N–H and O–H groups in total. The highest BCUT2D eigenvalue weighted by atomic mass is 32.2. The highest BCUT2D eigenvalue weighted by molar-refractivity contribution is 7.89. The molecule has 0 saturated carbocycles. The highest BCUT2D eigenvalue weighted by Crippen LogP contribution is 2.43. The minimum atomic E-state index is -4.23. The van der Waals surface area contributed by atoms with Crippen molar-refractivity contribution in [3.8, 4) is 0 Å². The number of methoxy groups -OCH3 is 1. The molecule has 5 rings (SSSR count). The average molecular weight is 1010 g/mol. The van der Waals surface area contributed by atoms with Crippen LogP contribution in [0, 0.1) is 17.8 Å². The fourth-order valence-corrected chi connectivity index (χ4v) is 12.5. The second-order valence-corrected chi connectivity index (χ2v) is 23.0. The van der Waals surface area contributed by atoms with Crippen LogP contribution in [0.2, 0.25) is 0 Å². The molecule has 3 fully saturated rings. The number of carbonyl (C=O) groups is 1. The average Bonchev–Trinajstić information content (AvgIpc) is 3.32. The number of cyclic esters (lactones) is 1. The van der Waals surface area contributed by atoms with E-state index in [0.29, 0.717) is 12.1 Å². The van der Waals surface area contributed by atoms with E-state index < -0.39 is 118 Å². The van der Waals surface area contributed by atoms with Gasteiger partial charge in [-0.1, -0.05) is 76.2 Å². The zero-order valence-electron chi connectivity index (χ0n) is 43.5. The predicted octanol–water partition coefficient (Wildman–Crippen LogP) is 4.26. The quantitative estimate of drug-likeness (QED) is 0.0976. The summed E-state index contributed by atoms with van der Waals surface area (Å²) in [7, 11) is -2.72. The molecule has 3 saturated heterocycles. The van der Waals surface area contributed by atoms with Crippen molar-refractivity contribution < 1.29 is 67.2 Å². The summed E-state index contributed by atoms with van der Waals surface area (Å²) >= 11 is 0. The standard InChI is InChI=1S/C52H85N3O14S/c1-13-25-53-31-52(61)37(8)66-42(28-50(52,10)64-12)68-44-34(5)46(49(9,59)27-32(3)29-54-36(7)45(57)51(11,60)41(14-2)67-47(58)35(44)6)69-48-43(56)40(26-33(4)65-48)55(30-38-21-17-15-18-22-38)70(62,63)39-23-19-16-20-24-39/h15-24,32-37,40-46,48,53-54,56-57,59-61H,13-14,25-31H2,1-12H3/t32-,33-,34+,35?,36-,37+,40+,41-,42+,43-,44+,45-,46-,48+,49-,50-,51-,52+/m1/s1. The third-order valence-corrected chi connectivity index (χ3v) is 17.1. The summed E-state index contributed by atoms with van der Waals surface area (Å²) in [5.74, 6) is -3.17. The minimum Gasteiger partial charge on any atom is -0.459 e. The van der Waals surface area contributed by atoms with Crippen LogP contribution in [0.4, 0.5) is 0 Å². The zero-order chi connectivity index (χ0) is 52.0. The number of benzene rings is 2. The Labute approximate surface area is 417 Å². The second kappa shape index (κ2) is 24.1. The second-order valence-electron chi connectivity index (χ2n) is 21.1. The lowest BCUT2D eigenvalue weighted by Crippen LogP contribution is -2.70. The van der Waals surface area contributed by atoms with E-state index in [0.717, 1.165) is 6.42 Å². The van der Waals surface area contributed by atoms with Crippen LogP contribution in [-0.2, 0) is 49.8 Å². The summed E-state index contributed by atoms with van der Waals surface area (Å²) in [5.41, 5.74) is -5.68. The van der Waals surface area contributed by atoms with Gasteiger partial charge < -0.3 is 64.6 Å². The lowest BCUT2D eigenvalue weighted by atomic mass is 9.75. The zero-order valence-corrected chi connectivity index (χ0v) is 44.3. The van der Waals surface area contributed by atoms with Crippen molar-refractivity contribution in [1.82, 2.24) is 14.9 Å². The van der Waals surface area contributed by atoms with Crippen molar-refractivity contribution in [3.05, 3.63) is 66.2 Å². The molecule has 3 heterocycles. The summed E-state index contributed by atoms with van der Waals surface area (Å²) in [5, 5.41) is 67.6. The van der Waals surface area contributed by atoms with Gasteiger partial charge in [0.15, 0.2) is 12.6 Å². The number of rotatable bonds is 15. The van der Waals surface area contributed by atoms with Gasteiger partial charge >= 0.3 is 5.97 Å². The van der Waals surface area contributed by atoms with Crippen molar-refractivity contribution in [1.29, 1.82) is 0 Å². The maximum absolute atomic E-state index is 14.6. The maximum atomic E-state index is 14.6. The lowest BCUT2D eigenvalue weighted by molar-refractivity contribution is -0.336. The fourth-order valence-electron chi connectivity index (χ4n) is 10.9. The van der Waals surface area contributed by atoms with Crippen molar-refractivity contribution in [2.75, 3.05) is 26.7 Å². The van der Waals surface area contributed by atoms with Gasteiger partial charge in [0.1, 0.15) is 35.1 Å². The van der Waals surface area contributed by atoms with Gasteiger partial charge in [0.25, 0.3) is 0 Å². The van der Waals surface area contributed by atoms with E-state index in [-0.39, 0.29) is 56.1 Å². The molecule has 398 valence electrons. The third kappa shape index (κ3) is 13.0. The Morgan fingerprint density at radius 1 is 0.886 bits per heavy atom. The summed E-state index contributed by atoms with van der Waals surface area (Å²) in [6.45, 7) is 20.1. The summed E-state index contributed by atoms with van der Waals surface area (Å²) in [6, 6.07) is 15.4. The van der Waals surface area contributed by atoms with Gasteiger partial charge in [0.2, 0.25) is 10.0 Å². The Morgan fingerprint density at radius 2 is 1.51 bits per heavy atom. The van der Waals surface area contributed by atoms with Crippen LogP contribution in [0.15, 0.2) is 65.6 Å². The first-order valence-electron chi connectivity index (χ1n) is 25.2. The topological polar surface area (TPSA) is 235 Å². The minimum absolute atomic E-state index is 0.0148. The van der Waals surface area contributed by atoms with Gasteiger partial charge in [-0.15, -0.1) is 0 Å². The van der Waals surface area contributed by atoms with Gasteiger partial charge in [0.05, 0.1) is 46.9 Å². The Morgan fingerprint density at radius 3 is 2.11 bits per heavy atom. The third-order valence-electron chi connectivity index (χ3n) is 15.3. The van der Waals surface area contributed by atoms with Gasteiger partial charge in [-0.05, 0) is 111 Å². The number of esters is 1. The van der Waals surface area contributed by atoms with Gasteiger partial charge in [0, 0.05) is 38.6 Å². The van der Waals surface area contributed by atoms with E-state index in [1.165, 1.54) is 30.5 Å². The van der Waals surface area contributed by atoms with Crippen LogP contribution < -0.4 is 10.6 Å². The normalized spacial score (nSPS) is 40.8. The molecule has 0 aliphatic carbocycles. The van der Waals surface area contributed by atoms with Crippen molar-refractivity contribution in [3.63, 3.8) is 0 Å². The number of carbonyl (C=O) groups excluding carboxylic acids is 1. The number of ether oxygens (including phenoxy) is 6. The summed E-state index contributed by atoms with van der Waals surface area (Å²) in [6.07, 6.45) is -9.48. The number of sulfonamides is 1. The molecule has 0 spiro atoms. The Bertz CT molecular complexity index is 2050. The van der Waals surface area contributed by atoms with Gasteiger partial charge in [-0.3, -0.25) is 4.79 Å². The van der Waals surface area contributed by atoms with E-state index in [1.54, 1.807) is 73.6 Å². The SMILES string of the molecule is CCCNC[C@]1(O)[C@H](C)O[C@@H](O[C@@H]2C(C)C(=O)O[C@H](CC)[C@@](C)(O)[C@H](O)[C@@H](C)NC[C@H](C)C[C@@](C)(O)[C@H](O[C@@H]3O[C@H](C)C[C@H](N(Cc4ccccc4)S(=O)(=O)c4ccccc4)[C@H]3O)[C@H]2C)C[C@@]1(C)OC. The molecule has 2 aromatic rings. The molecule has 3 aliphatic rings. The van der Waals surface area contributed by atoms with Crippen LogP contribution in [0.25, 0.3) is 0 Å². The molecule has 18 atom stereocenters. The van der Waals surface area contributed by atoms with Crippen LogP contribution in [0.3, 0.4) is 0 Å². The number of aliphatic hydroxyl groups is 5. The van der Waals surface area contributed by atoms with Crippen molar-refractivity contribution in [2.24, 2.45) is 17.8 Å². The summed E-state index contributed by atoms with van der Waals surface area (Å²) < 4.78 is 69.5. The Hall–Kier alpha value is -2.66. The molecular weight excluding hydrogens is 923 g/mol. The van der Waals surface area contributed by atoms with Crippen LogP contribution in [-0.4, -0.2) is 161 Å². The van der Waals surface area contributed by atoms with E-state index in [9.17, 15) is 38.7 Å². The molecule has 0 amide bonds. The van der Waals surface area contributed by atoms with Crippen LogP contribution in [0.5, 0.6) is 0 Å².